The van der Waals surface area contributed by atoms with E-state index in [0.29, 0.717) is 5.92 Å². The zero-order chi connectivity index (χ0) is 12.3. The Morgan fingerprint density at radius 1 is 1.29 bits per heavy atom. The van der Waals surface area contributed by atoms with Crippen LogP contribution in [0, 0.1) is 6.92 Å². The molecule has 1 N–H and O–H groups in total. The third-order valence-electron chi connectivity index (χ3n) is 3.78. The normalized spacial score (nSPS) is 17.0. The van der Waals surface area contributed by atoms with Gasteiger partial charge in [-0.05, 0) is 42.4 Å². The van der Waals surface area contributed by atoms with Gasteiger partial charge in [0.25, 0.3) is 0 Å². The zero-order valence-electron chi connectivity index (χ0n) is 10.4. The number of hydrogen-bond donors (Lipinski definition) is 1. The lowest BCUT2D eigenvalue weighted by atomic mass is 9.83. The van der Waals surface area contributed by atoms with E-state index >= 15 is 0 Å². The first-order chi connectivity index (χ1) is 8.16. The van der Waals surface area contributed by atoms with Crippen LogP contribution in [-0.2, 0) is 11.2 Å². The molecule has 1 aromatic carbocycles. The molecule has 1 aliphatic carbocycles. The molecule has 2 heteroatoms. The molecular formula is C15H20O2. The largest absolute Gasteiger partial charge is 0.481 e. The SMILES string of the molecule is Cc1cc(C2CCCCC2)ccc1CC(=O)O. The molecule has 0 spiro atoms. The highest BCUT2D eigenvalue weighted by molar-refractivity contribution is 5.70. The number of aryl methyl sites for hydroxylation is 1. The van der Waals surface area contributed by atoms with Gasteiger partial charge < -0.3 is 5.11 Å². The van der Waals surface area contributed by atoms with Crippen LogP contribution in [0.1, 0.15) is 54.7 Å². The minimum atomic E-state index is -0.751. The van der Waals surface area contributed by atoms with Crippen LogP contribution in [0.4, 0.5) is 0 Å². The summed E-state index contributed by atoms with van der Waals surface area (Å²) in [5.41, 5.74) is 3.46. The molecule has 1 saturated carbocycles. The molecule has 0 aliphatic heterocycles. The lowest BCUT2D eigenvalue weighted by Crippen LogP contribution is -2.06. The summed E-state index contributed by atoms with van der Waals surface area (Å²) in [6.45, 7) is 2.02. The van der Waals surface area contributed by atoms with E-state index in [1.807, 2.05) is 13.0 Å². The van der Waals surface area contributed by atoms with Crippen molar-refractivity contribution in [1.29, 1.82) is 0 Å². The first kappa shape index (κ1) is 12.2. The van der Waals surface area contributed by atoms with Gasteiger partial charge in [-0.3, -0.25) is 4.79 Å². The minimum absolute atomic E-state index is 0.136. The summed E-state index contributed by atoms with van der Waals surface area (Å²) in [5.74, 6) is -0.0557. The topological polar surface area (TPSA) is 37.3 Å². The molecule has 0 heterocycles. The van der Waals surface area contributed by atoms with Crippen molar-refractivity contribution in [3.05, 3.63) is 34.9 Å². The Hall–Kier alpha value is -1.31. The van der Waals surface area contributed by atoms with Gasteiger partial charge >= 0.3 is 5.97 Å². The van der Waals surface area contributed by atoms with Crippen molar-refractivity contribution < 1.29 is 9.90 Å². The van der Waals surface area contributed by atoms with Crippen molar-refractivity contribution in [1.82, 2.24) is 0 Å². The van der Waals surface area contributed by atoms with Gasteiger partial charge in [0.05, 0.1) is 6.42 Å². The maximum atomic E-state index is 10.7. The Kier molecular flexibility index (Phi) is 3.82. The molecule has 0 unspecified atom stereocenters. The van der Waals surface area contributed by atoms with Gasteiger partial charge in [0, 0.05) is 0 Å². The van der Waals surface area contributed by atoms with Crippen LogP contribution in [0.2, 0.25) is 0 Å². The summed E-state index contributed by atoms with van der Waals surface area (Å²) in [4.78, 5) is 10.7. The Morgan fingerprint density at radius 3 is 2.59 bits per heavy atom. The van der Waals surface area contributed by atoms with E-state index in [1.54, 1.807) is 0 Å². The zero-order valence-corrected chi connectivity index (χ0v) is 10.4. The summed E-state index contributed by atoms with van der Waals surface area (Å²) < 4.78 is 0. The van der Waals surface area contributed by atoms with Crippen molar-refractivity contribution in [2.24, 2.45) is 0 Å². The molecule has 1 aromatic rings. The highest BCUT2D eigenvalue weighted by Crippen LogP contribution is 2.33. The second kappa shape index (κ2) is 5.35. The van der Waals surface area contributed by atoms with Crippen LogP contribution in [-0.4, -0.2) is 11.1 Å². The third kappa shape index (κ3) is 3.09. The molecule has 2 rings (SSSR count). The fraction of sp³-hybridized carbons (Fsp3) is 0.533. The molecule has 0 radical (unpaired) electrons. The predicted octanol–water partition coefficient (Wildman–Crippen LogP) is 3.67. The third-order valence-corrected chi connectivity index (χ3v) is 3.78. The average molecular weight is 232 g/mol. The number of carboxylic acids is 1. The Labute approximate surface area is 103 Å². The van der Waals surface area contributed by atoms with Crippen LogP contribution < -0.4 is 0 Å². The molecule has 1 fully saturated rings. The van der Waals surface area contributed by atoms with Crippen LogP contribution in [0.3, 0.4) is 0 Å². The van der Waals surface area contributed by atoms with Crippen molar-refractivity contribution >= 4 is 5.97 Å². The summed E-state index contributed by atoms with van der Waals surface area (Å²) in [5, 5.41) is 8.81. The number of rotatable bonds is 3. The van der Waals surface area contributed by atoms with Gasteiger partial charge in [-0.1, -0.05) is 37.5 Å². The Balaban J connectivity index is 2.14. The molecule has 0 bridgehead atoms. The standard InChI is InChI=1S/C15H20O2/c1-11-9-14(12-5-3-2-4-6-12)8-7-13(11)10-15(16)17/h7-9,12H,2-6,10H2,1H3,(H,16,17). The van der Waals surface area contributed by atoms with E-state index in [2.05, 4.69) is 12.1 Å². The van der Waals surface area contributed by atoms with E-state index < -0.39 is 5.97 Å². The van der Waals surface area contributed by atoms with E-state index in [9.17, 15) is 4.79 Å². The quantitative estimate of drug-likeness (QED) is 0.863. The second-order valence-electron chi connectivity index (χ2n) is 5.09. The van der Waals surface area contributed by atoms with Crippen molar-refractivity contribution in [3.63, 3.8) is 0 Å². The lowest BCUT2D eigenvalue weighted by Gasteiger charge is -2.22. The Bertz CT molecular complexity index is 403. The fourth-order valence-electron chi connectivity index (χ4n) is 2.77. The molecular weight excluding hydrogens is 212 g/mol. The molecule has 92 valence electrons. The van der Waals surface area contributed by atoms with Crippen molar-refractivity contribution in [2.75, 3.05) is 0 Å². The molecule has 17 heavy (non-hydrogen) atoms. The molecule has 2 nitrogen and oxygen atoms in total. The Morgan fingerprint density at radius 2 is 2.00 bits per heavy atom. The lowest BCUT2D eigenvalue weighted by molar-refractivity contribution is -0.136. The van der Waals surface area contributed by atoms with E-state index in [0.717, 1.165) is 11.1 Å². The summed E-state index contributed by atoms with van der Waals surface area (Å²) in [6, 6.07) is 6.31. The van der Waals surface area contributed by atoms with Gasteiger partial charge in [0.15, 0.2) is 0 Å². The number of hydrogen-bond acceptors (Lipinski definition) is 1. The molecule has 0 atom stereocenters. The number of benzene rings is 1. The van der Waals surface area contributed by atoms with Gasteiger partial charge in [0.2, 0.25) is 0 Å². The molecule has 0 aromatic heterocycles. The molecule has 0 saturated heterocycles. The van der Waals surface area contributed by atoms with Crippen LogP contribution in [0.25, 0.3) is 0 Å². The summed E-state index contributed by atoms with van der Waals surface area (Å²) in [7, 11) is 0. The predicted molar refractivity (Wildman–Crippen MR) is 68.3 cm³/mol. The van der Waals surface area contributed by atoms with Crippen molar-refractivity contribution in [2.45, 2.75) is 51.4 Å². The first-order valence-electron chi connectivity index (χ1n) is 6.48. The van der Waals surface area contributed by atoms with Gasteiger partial charge in [-0.25, -0.2) is 0 Å². The smallest absolute Gasteiger partial charge is 0.307 e. The van der Waals surface area contributed by atoms with Gasteiger partial charge in [0.1, 0.15) is 0 Å². The second-order valence-corrected chi connectivity index (χ2v) is 5.09. The van der Waals surface area contributed by atoms with Crippen LogP contribution >= 0.6 is 0 Å². The average Bonchev–Trinajstić information content (AvgIpc) is 2.32. The van der Waals surface area contributed by atoms with Crippen LogP contribution in [0.5, 0.6) is 0 Å². The summed E-state index contributed by atoms with van der Waals surface area (Å²) >= 11 is 0. The molecule has 0 amide bonds. The monoisotopic (exact) mass is 232 g/mol. The number of carboxylic acid groups (broad SMARTS) is 1. The summed E-state index contributed by atoms with van der Waals surface area (Å²) in [6.07, 6.45) is 6.75. The highest BCUT2D eigenvalue weighted by Gasteiger charge is 2.16. The minimum Gasteiger partial charge on any atom is -0.481 e. The van der Waals surface area contributed by atoms with Crippen LogP contribution in [0.15, 0.2) is 18.2 Å². The first-order valence-corrected chi connectivity index (χ1v) is 6.48. The van der Waals surface area contributed by atoms with E-state index in [1.165, 1.54) is 37.7 Å². The number of aliphatic carboxylic acids is 1. The van der Waals surface area contributed by atoms with Crippen molar-refractivity contribution in [3.8, 4) is 0 Å². The van der Waals surface area contributed by atoms with E-state index in [4.69, 9.17) is 5.11 Å². The highest BCUT2D eigenvalue weighted by atomic mass is 16.4. The maximum Gasteiger partial charge on any atom is 0.307 e. The fourth-order valence-corrected chi connectivity index (χ4v) is 2.77. The maximum absolute atomic E-state index is 10.7. The van der Waals surface area contributed by atoms with E-state index in [-0.39, 0.29) is 6.42 Å². The van der Waals surface area contributed by atoms with Gasteiger partial charge in [-0.15, -0.1) is 0 Å². The van der Waals surface area contributed by atoms with Gasteiger partial charge in [-0.2, -0.15) is 0 Å². The number of carbonyl (C=O) groups is 1. The molecule has 1 aliphatic rings.